The van der Waals surface area contributed by atoms with E-state index >= 15 is 0 Å². The zero-order valence-electron chi connectivity index (χ0n) is 15.4. The minimum Gasteiger partial charge on any atom is -0.0776 e. The predicted octanol–water partition coefficient (Wildman–Crippen LogP) is 8.25. The molecule has 2 rings (SSSR count). The minimum atomic E-state index is 0. The van der Waals surface area contributed by atoms with Gasteiger partial charge in [0.05, 0.1) is 0 Å². The first-order valence-corrected chi connectivity index (χ1v) is 9.04. The average Bonchev–Trinajstić information content (AvgIpc) is 2.89. The van der Waals surface area contributed by atoms with Crippen molar-refractivity contribution < 1.29 is 0 Å². The molecule has 20 heavy (non-hydrogen) atoms. The molecule has 126 valence electrons. The van der Waals surface area contributed by atoms with Crippen molar-refractivity contribution >= 4 is 0 Å². The fourth-order valence-corrected chi connectivity index (χ4v) is 2.72. The van der Waals surface area contributed by atoms with Gasteiger partial charge in [-0.3, -0.25) is 0 Å². The van der Waals surface area contributed by atoms with E-state index in [1.165, 1.54) is 57.8 Å². The Morgan fingerprint density at radius 1 is 0.600 bits per heavy atom. The third kappa shape index (κ3) is 9.83. The van der Waals surface area contributed by atoms with Crippen LogP contribution < -0.4 is 0 Å². The SMILES string of the molecule is C.CC.CC.CCC1(C)CCC1.CCC1(C)CCCC1. The van der Waals surface area contributed by atoms with E-state index in [1.807, 2.05) is 27.7 Å². The van der Waals surface area contributed by atoms with Gasteiger partial charge in [-0.2, -0.15) is 0 Å². The summed E-state index contributed by atoms with van der Waals surface area (Å²) >= 11 is 0. The van der Waals surface area contributed by atoms with Gasteiger partial charge >= 0.3 is 0 Å². The quantitative estimate of drug-likeness (QED) is 0.479. The van der Waals surface area contributed by atoms with Crippen molar-refractivity contribution in [2.24, 2.45) is 10.8 Å². The lowest BCUT2D eigenvalue weighted by Gasteiger charge is -2.37. The number of hydrogen-bond acceptors (Lipinski definition) is 0. The molecule has 0 aliphatic heterocycles. The van der Waals surface area contributed by atoms with Crippen LogP contribution in [0, 0.1) is 10.8 Å². The summed E-state index contributed by atoms with van der Waals surface area (Å²) in [5.74, 6) is 0. The van der Waals surface area contributed by atoms with E-state index < -0.39 is 0 Å². The summed E-state index contributed by atoms with van der Waals surface area (Å²) in [6.07, 6.45) is 13.1. The van der Waals surface area contributed by atoms with Crippen LogP contribution in [0.25, 0.3) is 0 Å². The Labute approximate surface area is 132 Å². The predicted molar refractivity (Wildman–Crippen MR) is 98.5 cm³/mol. The molecule has 0 amide bonds. The van der Waals surface area contributed by atoms with Gasteiger partial charge in [-0.05, 0) is 36.5 Å². The van der Waals surface area contributed by atoms with E-state index in [4.69, 9.17) is 0 Å². The highest BCUT2D eigenvalue weighted by atomic mass is 14.3. The van der Waals surface area contributed by atoms with Crippen LogP contribution in [0.3, 0.4) is 0 Å². The summed E-state index contributed by atoms with van der Waals surface area (Å²) in [5, 5.41) is 0. The van der Waals surface area contributed by atoms with Crippen LogP contribution >= 0.6 is 0 Å². The van der Waals surface area contributed by atoms with Crippen molar-refractivity contribution in [1.29, 1.82) is 0 Å². The largest absolute Gasteiger partial charge is 0.0776 e. The van der Waals surface area contributed by atoms with E-state index in [9.17, 15) is 0 Å². The normalized spacial score (nSPS) is 20.4. The highest BCUT2D eigenvalue weighted by Crippen LogP contribution is 2.42. The van der Waals surface area contributed by atoms with Crippen LogP contribution in [-0.2, 0) is 0 Å². The Morgan fingerprint density at radius 3 is 0.950 bits per heavy atom. The molecule has 0 aromatic carbocycles. The van der Waals surface area contributed by atoms with Gasteiger partial charge in [-0.15, -0.1) is 0 Å². The first kappa shape index (κ1) is 25.0. The monoisotopic (exact) mass is 286 g/mol. The maximum atomic E-state index is 2.42. The van der Waals surface area contributed by atoms with E-state index in [0.717, 1.165) is 10.8 Å². The van der Waals surface area contributed by atoms with Gasteiger partial charge in [0, 0.05) is 0 Å². The summed E-state index contributed by atoms with van der Waals surface area (Å²) < 4.78 is 0. The van der Waals surface area contributed by atoms with Crippen LogP contribution in [0.15, 0.2) is 0 Å². The van der Waals surface area contributed by atoms with Gasteiger partial charge in [0.1, 0.15) is 0 Å². The molecule has 0 aromatic heterocycles. The van der Waals surface area contributed by atoms with Crippen molar-refractivity contribution in [3.05, 3.63) is 0 Å². The van der Waals surface area contributed by atoms with Crippen molar-refractivity contribution in [2.45, 2.75) is 121 Å². The molecule has 0 nitrogen and oxygen atoms in total. The zero-order valence-corrected chi connectivity index (χ0v) is 15.4. The van der Waals surface area contributed by atoms with Gasteiger partial charge in [-0.1, -0.05) is 94.9 Å². The molecule has 0 heteroatoms. The number of hydrogen-bond donors (Lipinski definition) is 0. The molecular formula is C20H46. The van der Waals surface area contributed by atoms with Crippen LogP contribution in [0.5, 0.6) is 0 Å². The standard InChI is InChI=1S/C8H16.C7H14.2C2H6.CH4/c1-3-8(2)6-4-5-7-8;1-3-7(2)5-4-6-7;2*1-2;/h3-7H2,1-2H3;3-6H2,1-2H3;2*1-2H3;1H4. The van der Waals surface area contributed by atoms with Crippen molar-refractivity contribution in [2.75, 3.05) is 0 Å². The molecule has 0 atom stereocenters. The molecule has 0 radical (unpaired) electrons. The highest BCUT2D eigenvalue weighted by molar-refractivity contribution is 4.81. The number of rotatable bonds is 2. The maximum Gasteiger partial charge on any atom is -0.0328 e. The lowest BCUT2D eigenvalue weighted by molar-refractivity contribution is 0.155. The van der Waals surface area contributed by atoms with E-state index in [0.29, 0.717) is 0 Å². The van der Waals surface area contributed by atoms with Crippen LogP contribution in [0.4, 0.5) is 0 Å². The molecule has 0 spiro atoms. The molecule has 0 N–H and O–H groups in total. The summed E-state index contributed by atoms with van der Waals surface area (Å²) in [6, 6.07) is 0. The molecule has 2 saturated carbocycles. The lowest BCUT2D eigenvalue weighted by atomic mass is 9.69. The Kier molecular flexibility index (Phi) is 17.4. The van der Waals surface area contributed by atoms with Gasteiger partial charge in [-0.25, -0.2) is 0 Å². The summed E-state index contributed by atoms with van der Waals surface area (Å²) in [6.45, 7) is 17.4. The molecule has 2 fully saturated rings. The first-order valence-electron chi connectivity index (χ1n) is 9.04. The molecule has 0 aromatic rings. The fraction of sp³-hybridized carbons (Fsp3) is 1.00. The Hall–Kier alpha value is 0. The topological polar surface area (TPSA) is 0 Å². The van der Waals surface area contributed by atoms with Crippen molar-refractivity contribution in [3.8, 4) is 0 Å². The smallest absolute Gasteiger partial charge is 0.0328 e. The summed E-state index contributed by atoms with van der Waals surface area (Å²) in [7, 11) is 0. The Bertz CT molecular complexity index is 165. The van der Waals surface area contributed by atoms with Crippen LogP contribution in [-0.4, -0.2) is 0 Å². The van der Waals surface area contributed by atoms with Crippen molar-refractivity contribution in [1.82, 2.24) is 0 Å². The summed E-state index contributed by atoms with van der Waals surface area (Å²) in [4.78, 5) is 0. The van der Waals surface area contributed by atoms with Crippen LogP contribution in [0.2, 0.25) is 0 Å². The zero-order chi connectivity index (χ0) is 15.4. The third-order valence-electron chi connectivity index (χ3n) is 5.08. The molecule has 0 unspecified atom stereocenters. The first-order chi connectivity index (χ1) is 9.04. The third-order valence-corrected chi connectivity index (χ3v) is 5.08. The minimum absolute atomic E-state index is 0. The molecule has 0 saturated heterocycles. The van der Waals surface area contributed by atoms with Crippen molar-refractivity contribution in [3.63, 3.8) is 0 Å². The fourth-order valence-electron chi connectivity index (χ4n) is 2.72. The maximum absolute atomic E-state index is 2.42. The molecular weight excluding hydrogens is 240 g/mol. The van der Waals surface area contributed by atoms with Gasteiger partial charge in [0.15, 0.2) is 0 Å². The lowest BCUT2D eigenvalue weighted by Crippen LogP contribution is -2.23. The van der Waals surface area contributed by atoms with E-state index in [-0.39, 0.29) is 7.43 Å². The summed E-state index contributed by atoms with van der Waals surface area (Å²) in [5.41, 5.74) is 1.50. The van der Waals surface area contributed by atoms with Gasteiger partial charge in [0.2, 0.25) is 0 Å². The molecule has 0 bridgehead atoms. The average molecular weight is 287 g/mol. The van der Waals surface area contributed by atoms with Gasteiger partial charge in [0.25, 0.3) is 0 Å². The van der Waals surface area contributed by atoms with Gasteiger partial charge < -0.3 is 0 Å². The second kappa shape index (κ2) is 14.0. The Morgan fingerprint density at radius 2 is 0.850 bits per heavy atom. The molecule has 0 heterocycles. The second-order valence-electron chi connectivity index (χ2n) is 6.39. The van der Waals surface area contributed by atoms with E-state index in [2.05, 4.69) is 27.7 Å². The highest BCUT2D eigenvalue weighted by Gasteiger charge is 2.28. The van der Waals surface area contributed by atoms with E-state index in [1.54, 1.807) is 0 Å². The van der Waals surface area contributed by atoms with Crippen LogP contribution in [0.1, 0.15) is 121 Å². The molecule has 2 aliphatic carbocycles. The molecule has 2 aliphatic rings. The second-order valence-corrected chi connectivity index (χ2v) is 6.39. The Balaban J connectivity index is -0.000000224.